The molecule has 4 rings (SSSR count). The first-order chi connectivity index (χ1) is 13.5. The molecule has 1 aliphatic rings. The Morgan fingerprint density at radius 3 is 2.79 bits per heavy atom. The Labute approximate surface area is 164 Å². The minimum atomic E-state index is -0.248. The molecular formula is C23H22N2O3. The summed E-state index contributed by atoms with van der Waals surface area (Å²) in [4.78, 5) is 13.4. The lowest BCUT2D eigenvalue weighted by atomic mass is 9.98. The highest BCUT2D eigenvalue weighted by Crippen LogP contribution is 2.36. The molecule has 0 saturated heterocycles. The van der Waals surface area contributed by atoms with Gasteiger partial charge in [-0.1, -0.05) is 18.2 Å². The molecule has 5 heteroatoms. The zero-order chi connectivity index (χ0) is 19.7. The molecule has 0 spiro atoms. The minimum Gasteiger partial charge on any atom is -0.496 e. The highest BCUT2D eigenvalue weighted by molar-refractivity contribution is 6.28. The summed E-state index contributed by atoms with van der Waals surface area (Å²) in [5.74, 6) is 1.43. The second-order valence-corrected chi connectivity index (χ2v) is 7.41. The maximum absolute atomic E-state index is 13.4. The predicted molar refractivity (Wildman–Crippen MR) is 109 cm³/mol. The lowest BCUT2D eigenvalue weighted by Gasteiger charge is -2.16. The van der Waals surface area contributed by atoms with Gasteiger partial charge in [0.05, 0.1) is 7.11 Å². The number of allylic oxidation sites excluding steroid dienone is 1. The largest absolute Gasteiger partial charge is 0.496 e. The summed E-state index contributed by atoms with van der Waals surface area (Å²) < 4.78 is 12.9. The van der Waals surface area contributed by atoms with Gasteiger partial charge in [0.1, 0.15) is 22.8 Å². The van der Waals surface area contributed by atoms with Gasteiger partial charge in [-0.15, -0.1) is 0 Å². The Hall–Kier alpha value is -3.34. The van der Waals surface area contributed by atoms with Crippen LogP contribution in [-0.4, -0.2) is 28.3 Å². The monoisotopic (exact) mass is 374 g/mol. The normalized spacial score (nSPS) is 15.0. The molecule has 5 nitrogen and oxygen atoms in total. The van der Waals surface area contributed by atoms with E-state index >= 15 is 0 Å². The molecule has 0 unspecified atom stereocenters. The highest BCUT2D eigenvalue weighted by Gasteiger charge is 2.30. The molecule has 0 N–H and O–H groups in total. The maximum Gasteiger partial charge on any atom is 0.211 e. The van der Waals surface area contributed by atoms with Crippen LogP contribution in [-0.2, 0) is 6.42 Å². The van der Waals surface area contributed by atoms with Crippen molar-refractivity contribution in [1.29, 1.82) is 0 Å². The molecule has 2 heterocycles. The number of fused-ring (bicyclic) bond motifs is 1. The fourth-order valence-corrected chi connectivity index (χ4v) is 3.48. The van der Waals surface area contributed by atoms with E-state index in [4.69, 9.17) is 9.47 Å². The van der Waals surface area contributed by atoms with Crippen molar-refractivity contribution in [2.45, 2.75) is 25.9 Å². The third-order valence-electron chi connectivity index (χ3n) is 4.74. The molecule has 28 heavy (non-hydrogen) atoms. The first-order valence-electron chi connectivity index (χ1n) is 9.18. The van der Waals surface area contributed by atoms with Crippen molar-refractivity contribution in [3.05, 3.63) is 77.6 Å². The number of ether oxygens (including phenoxy) is 2. The summed E-state index contributed by atoms with van der Waals surface area (Å²) in [6, 6.07) is 15.0. The van der Waals surface area contributed by atoms with Gasteiger partial charge in [-0.25, -0.2) is 4.68 Å². The molecule has 0 fully saturated rings. The van der Waals surface area contributed by atoms with E-state index in [-0.39, 0.29) is 11.4 Å². The number of methoxy groups -OCH3 is 1. The Morgan fingerprint density at radius 2 is 2.04 bits per heavy atom. The fourth-order valence-electron chi connectivity index (χ4n) is 3.48. The number of benzene rings is 2. The van der Waals surface area contributed by atoms with Crippen LogP contribution < -0.4 is 9.47 Å². The van der Waals surface area contributed by atoms with E-state index in [1.807, 2.05) is 62.4 Å². The molecule has 0 amide bonds. The van der Waals surface area contributed by atoms with Crippen LogP contribution in [0.15, 0.2) is 60.9 Å². The van der Waals surface area contributed by atoms with Gasteiger partial charge in [0.25, 0.3) is 0 Å². The molecular weight excluding hydrogens is 352 g/mol. The third kappa shape index (κ3) is 3.43. The van der Waals surface area contributed by atoms with Crippen molar-refractivity contribution in [2.24, 2.45) is 0 Å². The van der Waals surface area contributed by atoms with Crippen molar-refractivity contribution in [2.75, 3.05) is 7.11 Å². The first-order valence-corrected chi connectivity index (χ1v) is 9.18. The number of aromatic nitrogens is 2. The number of ketones is 1. The standard InChI is InChI=1S/C23H22N2O3/c1-23(2)15-18-13-17(9-10-21(18)28-23)22(26)19(25-12-6-11-24-25)14-16-7-4-5-8-20(16)27-3/h4-14H,15H2,1-3H3. The van der Waals surface area contributed by atoms with Gasteiger partial charge in [-0.2, -0.15) is 5.10 Å². The average Bonchev–Trinajstić information content (AvgIpc) is 3.31. The molecule has 1 aliphatic heterocycles. The Kier molecular flexibility index (Phi) is 4.51. The van der Waals surface area contributed by atoms with Gasteiger partial charge in [-0.3, -0.25) is 4.79 Å². The molecule has 0 radical (unpaired) electrons. The number of carbonyl (C=O) groups excluding carboxylic acids is 1. The maximum atomic E-state index is 13.4. The van der Waals surface area contributed by atoms with Gasteiger partial charge in [0.2, 0.25) is 5.78 Å². The van der Waals surface area contributed by atoms with Crippen LogP contribution >= 0.6 is 0 Å². The summed E-state index contributed by atoms with van der Waals surface area (Å²) in [7, 11) is 1.62. The smallest absolute Gasteiger partial charge is 0.211 e. The van der Waals surface area contributed by atoms with Gasteiger partial charge >= 0.3 is 0 Å². The van der Waals surface area contributed by atoms with E-state index in [2.05, 4.69) is 5.10 Å². The summed E-state index contributed by atoms with van der Waals surface area (Å²) in [5, 5.41) is 4.27. The second kappa shape index (κ2) is 7.00. The van der Waals surface area contributed by atoms with Gasteiger partial charge < -0.3 is 9.47 Å². The van der Waals surface area contributed by atoms with Crippen LogP contribution in [0.1, 0.15) is 35.3 Å². The summed E-state index contributed by atoms with van der Waals surface area (Å²) >= 11 is 0. The number of para-hydroxylation sites is 1. The van der Waals surface area contributed by atoms with Crippen LogP contribution in [0.3, 0.4) is 0 Å². The van der Waals surface area contributed by atoms with Crippen LogP contribution in [0.4, 0.5) is 0 Å². The number of carbonyl (C=O) groups is 1. The second-order valence-electron chi connectivity index (χ2n) is 7.41. The Bertz CT molecular complexity index is 1050. The summed E-state index contributed by atoms with van der Waals surface area (Å²) in [5.41, 5.74) is 2.67. The molecule has 0 bridgehead atoms. The molecule has 0 atom stereocenters. The van der Waals surface area contributed by atoms with Crippen molar-refractivity contribution in [1.82, 2.24) is 9.78 Å². The molecule has 0 aliphatic carbocycles. The Balaban J connectivity index is 1.77. The van der Waals surface area contributed by atoms with E-state index in [1.165, 1.54) is 0 Å². The quantitative estimate of drug-likeness (QED) is 0.488. The average molecular weight is 374 g/mol. The fraction of sp³-hybridized carbons (Fsp3) is 0.217. The molecule has 3 aromatic rings. The van der Waals surface area contributed by atoms with Gasteiger partial charge in [-0.05, 0) is 55.8 Å². The number of hydrogen-bond acceptors (Lipinski definition) is 4. The molecule has 0 saturated carbocycles. The van der Waals surface area contributed by atoms with Crippen molar-refractivity contribution in [3.63, 3.8) is 0 Å². The number of hydrogen-bond donors (Lipinski definition) is 0. The third-order valence-corrected chi connectivity index (χ3v) is 4.74. The van der Waals surface area contributed by atoms with E-state index in [1.54, 1.807) is 30.3 Å². The predicted octanol–water partition coefficient (Wildman–Crippen LogP) is 4.49. The summed E-state index contributed by atoms with van der Waals surface area (Å²) in [6.07, 6.45) is 6.00. The molecule has 1 aromatic heterocycles. The highest BCUT2D eigenvalue weighted by atomic mass is 16.5. The Morgan fingerprint density at radius 1 is 1.21 bits per heavy atom. The van der Waals surface area contributed by atoms with E-state index in [0.717, 1.165) is 23.3 Å². The lowest BCUT2D eigenvalue weighted by Crippen LogP contribution is -2.24. The first kappa shape index (κ1) is 18.0. The van der Waals surface area contributed by atoms with Crippen LogP contribution in [0, 0.1) is 0 Å². The van der Waals surface area contributed by atoms with Crippen molar-refractivity contribution in [3.8, 4) is 11.5 Å². The van der Waals surface area contributed by atoms with E-state index in [0.29, 0.717) is 17.0 Å². The molecule has 2 aromatic carbocycles. The van der Waals surface area contributed by atoms with E-state index < -0.39 is 0 Å². The summed E-state index contributed by atoms with van der Waals surface area (Å²) in [6.45, 7) is 4.09. The zero-order valence-electron chi connectivity index (χ0n) is 16.2. The van der Waals surface area contributed by atoms with E-state index in [9.17, 15) is 4.79 Å². The zero-order valence-corrected chi connectivity index (χ0v) is 16.2. The van der Waals surface area contributed by atoms with Crippen LogP contribution in [0.5, 0.6) is 11.5 Å². The number of nitrogens with zero attached hydrogens (tertiary/aromatic N) is 2. The lowest BCUT2D eigenvalue weighted by molar-refractivity contribution is 0.105. The molecule has 142 valence electrons. The number of Topliss-reactive ketones (excluding diaryl/α,β-unsaturated/α-hetero) is 1. The minimum absolute atomic E-state index is 0.109. The van der Waals surface area contributed by atoms with Gasteiger partial charge in [0, 0.05) is 29.9 Å². The van der Waals surface area contributed by atoms with Gasteiger partial charge in [0.15, 0.2) is 0 Å². The topological polar surface area (TPSA) is 53.4 Å². The van der Waals surface area contributed by atoms with Crippen molar-refractivity contribution >= 4 is 17.6 Å². The van der Waals surface area contributed by atoms with Crippen LogP contribution in [0.25, 0.3) is 11.8 Å². The number of rotatable bonds is 5. The SMILES string of the molecule is COc1ccccc1C=C(C(=O)c1ccc2c(c1)CC(C)(C)O2)n1cccn1. The van der Waals surface area contributed by atoms with Crippen LogP contribution in [0.2, 0.25) is 0 Å². The van der Waals surface area contributed by atoms with Crippen molar-refractivity contribution < 1.29 is 14.3 Å².